The zero-order valence-electron chi connectivity index (χ0n) is 60.1. The summed E-state index contributed by atoms with van der Waals surface area (Å²) in [6.07, 6.45) is -1.64. The minimum Gasteiger partial charge on any atom is -0.466 e. The summed E-state index contributed by atoms with van der Waals surface area (Å²) in [5.74, 6) is -2.07. The number of hydrogen-bond donors (Lipinski definition) is 16. The largest absolute Gasteiger partial charge is 0.466 e. The van der Waals surface area contributed by atoms with Crippen molar-refractivity contribution in [2.24, 2.45) is 5.41 Å². The normalized spacial score (nSPS) is 25.4. The van der Waals surface area contributed by atoms with Crippen LogP contribution in [0.2, 0.25) is 0 Å². The number of carbonyl (C=O) groups excluding carboxylic acids is 9. The summed E-state index contributed by atoms with van der Waals surface area (Å²) in [4.78, 5) is 110. The fraction of sp³-hybridized carbons (Fsp3) is 0.868. The summed E-state index contributed by atoms with van der Waals surface area (Å²) >= 11 is 0. The predicted molar refractivity (Wildman–Crippen MR) is 363 cm³/mol. The number of esters is 1. The van der Waals surface area contributed by atoms with Gasteiger partial charge in [-0.3, -0.25) is 33.6 Å². The lowest BCUT2D eigenvalue weighted by Gasteiger charge is -2.42. The molecule has 0 aromatic carbocycles. The Balaban J connectivity index is 1.31. The molecular formula is C68H121N7O27. The van der Waals surface area contributed by atoms with Crippen LogP contribution in [-0.4, -0.2) is 277 Å². The van der Waals surface area contributed by atoms with Crippen molar-refractivity contribution < 1.29 is 132 Å². The van der Waals surface area contributed by atoms with Crippen molar-refractivity contribution >= 4 is 53.5 Å². The summed E-state index contributed by atoms with van der Waals surface area (Å²) in [5.41, 5.74) is -0.284. The van der Waals surface area contributed by atoms with E-state index in [0.717, 1.165) is 51.4 Å². The lowest BCUT2D eigenvalue weighted by molar-refractivity contribution is -0.270. The number of aliphatic hydroxyl groups excluding tert-OH is 9. The van der Waals surface area contributed by atoms with Gasteiger partial charge in [0.15, 0.2) is 18.9 Å². The molecule has 16 unspecified atom stereocenters. The van der Waals surface area contributed by atoms with E-state index in [1.165, 1.54) is 20.8 Å². The van der Waals surface area contributed by atoms with Gasteiger partial charge in [-0.15, -0.1) is 0 Å². The standard InChI is InChI=1S/C68H121N7O27/c1-44(79)73-54-60(89)57(86)48(41-76)100-63(54)95-35-17-24-47(82)23-11-7-5-10-14-33-71-66(92)98-39-21-29-68(4,30-22-40-99-67(93)72-34-16-15-32-70-52(84)26-19-37-97-65-56(75-46(3)81)62(91)59(88)50(43-78)102-65)28-20-38-94-53(85)27-12-8-6-9-13-31-69-51(83)25-18-36-96-64-55(74-45(2)80)61(90)58(87)49(42-77)101-64/h48-50,54-65,76-78,86-91H,5-43H2,1-4H3,(H,69,83)(H,70,84)(H,71,92)(H,72,93)(H,73,79)(H,74,80)(H,75,81). The van der Waals surface area contributed by atoms with Gasteiger partial charge < -0.3 is 126 Å². The average molecular weight is 1470 g/mol. The molecule has 0 spiro atoms. The fourth-order valence-corrected chi connectivity index (χ4v) is 12.0. The molecule has 34 nitrogen and oxygen atoms in total. The van der Waals surface area contributed by atoms with E-state index in [2.05, 4.69) is 44.1 Å². The van der Waals surface area contributed by atoms with Crippen molar-refractivity contribution in [1.82, 2.24) is 37.2 Å². The predicted octanol–water partition coefficient (Wildman–Crippen LogP) is -0.187. The van der Waals surface area contributed by atoms with Gasteiger partial charge in [0.25, 0.3) is 0 Å². The summed E-state index contributed by atoms with van der Waals surface area (Å²) in [5, 5.41) is 109. The zero-order chi connectivity index (χ0) is 75.2. The molecule has 16 atom stereocenters. The van der Waals surface area contributed by atoms with Crippen LogP contribution in [0.1, 0.15) is 195 Å². The first-order chi connectivity index (χ1) is 48.8. The van der Waals surface area contributed by atoms with Crippen molar-refractivity contribution in [3.63, 3.8) is 0 Å². The number of Topliss-reactive ketones (excluding diaryl/α,β-unsaturated/α-hetero) is 1. The van der Waals surface area contributed by atoms with Gasteiger partial charge in [0.05, 0.1) is 59.5 Å². The second-order valence-electron chi connectivity index (χ2n) is 26.7. The number of ether oxygens (including phenoxy) is 9. The second-order valence-corrected chi connectivity index (χ2v) is 26.7. The third kappa shape index (κ3) is 37.4. The van der Waals surface area contributed by atoms with Crippen molar-refractivity contribution in [1.29, 1.82) is 0 Å². The number of carbonyl (C=O) groups is 9. The van der Waals surface area contributed by atoms with Crippen LogP contribution in [0.15, 0.2) is 0 Å². The molecule has 16 N–H and O–H groups in total. The maximum absolute atomic E-state index is 12.7. The highest BCUT2D eigenvalue weighted by Crippen LogP contribution is 2.35. The van der Waals surface area contributed by atoms with Gasteiger partial charge in [0, 0.05) is 79.1 Å². The number of amides is 7. The first kappa shape index (κ1) is 90.6. The van der Waals surface area contributed by atoms with Crippen LogP contribution < -0.4 is 37.2 Å². The van der Waals surface area contributed by atoms with Crippen LogP contribution in [0.5, 0.6) is 0 Å². The molecule has 0 aromatic rings. The van der Waals surface area contributed by atoms with E-state index in [9.17, 15) is 89.1 Å². The van der Waals surface area contributed by atoms with Crippen molar-refractivity contribution in [2.45, 2.75) is 287 Å². The first-order valence-electron chi connectivity index (χ1n) is 36.4. The molecule has 3 fully saturated rings. The quantitative estimate of drug-likeness (QED) is 0.0213. The highest BCUT2D eigenvalue weighted by molar-refractivity contribution is 5.78. The van der Waals surface area contributed by atoms with E-state index in [1.807, 2.05) is 0 Å². The Bertz CT molecular complexity index is 2320. The van der Waals surface area contributed by atoms with Crippen molar-refractivity contribution in [3.05, 3.63) is 0 Å². The number of rotatable bonds is 54. The van der Waals surface area contributed by atoms with E-state index >= 15 is 0 Å². The molecule has 3 rings (SSSR count). The molecule has 0 radical (unpaired) electrons. The fourth-order valence-electron chi connectivity index (χ4n) is 12.0. The number of ketones is 1. The molecule has 3 saturated heterocycles. The van der Waals surface area contributed by atoms with Crippen LogP contribution in [0.3, 0.4) is 0 Å². The van der Waals surface area contributed by atoms with E-state index in [1.54, 1.807) is 0 Å². The lowest BCUT2D eigenvalue weighted by Crippen LogP contribution is -2.64. The molecule has 3 heterocycles. The molecule has 34 heteroatoms. The van der Waals surface area contributed by atoms with E-state index in [-0.39, 0.29) is 101 Å². The third-order valence-electron chi connectivity index (χ3n) is 17.8. The molecule has 590 valence electrons. The van der Waals surface area contributed by atoms with Gasteiger partial charge in [-0.1, -0.05) is 45.4 Å². The van der Waals surface area contributed by atoms with Gasteiger partial charge in [-0.25, -0.2) is 9.59 Å². The second kappa shape index (κ2) is 52.4. The Morgan fingerprint density at radius 1 is 0.353 bits per heavy atom. The van der Waals surface area contributed by atoms with Gasteiger partial charge in [-0.05, 0) is 102 Å². The van der Waals surface area contributed by atoms with E-state index < -0.39 is 142 Å². The van der Waals surface area contributed by atoms with Crippen LogP contribution in [0.25, 0.3) is 0 Å². The molecule has 0 saturated carbocycles. The maximum Gasteiger partial charge on any atom is 0.407 e. The first-order valence-corrected chi connectivity index (χ1v) is 36.4. The summed E-state index contributed by atoms with van der Waals surface area (Å²) in [6, 6.07) is -3.21. The smallest absolute Gasteiger partial charge is 0.407 e. The molecule has 7 amide bonds. The monoisotopic (exact) mass is 1470 g/mol. The van der Waals surface area contributed by atoms with Crippen molar-refractivity contribution in [3.8, 4) is 0 Å². The van der Waals surface area contributed by atoms with Crippen LogP contribution in [0, 0.1) is 5.41 Å². The summed E-state index contributed by atoms with van der Waals surface area (Å²) in [6.45, 7) is 6.39. The number of hydrogen-bond acceptors (Lipinski definition) is 27. The van der Waals surface area contributed by atoms with Gasteiger partial charge in [-0.2, -0.15) is 0 Å². The number of aliphatic hydroxyl groups is 9. The van der Waals surface area contributed by atoms with E-state index in [4.69, 9.17) is 42.6 Å². The Labute approximate surface area is 598 Å². The molecule has 3 aliphatic heterocycles. The topological polar surface area (TPSA) is 503 Å². The molecule has 0 aromatic heterocycles. The molecular weight excluding hydrogens is 1350 g/mol. The molecule has 0 aliphatic carbocycles. The average Bonchev–Trinajstić information content (AvgIpc) is 0.824. The summed E-state index contributed by atoms with van der Waals surface area (Å²) in [7, 11) is 0. The highest BCUT2D eigenvalue weighted by atomic mass is 16.7. The number of nitrogens with one attached hydrogen (secondary N) is 7. The van der Waals surface area contributed by atoms with Crippen LogP contribution in [0.4, 0.5) is 9.59 Å². The highest BCUT2D eigenvalue weighted by Gasteiger charge is 2.48. The number of alkyl carbamates (subject to hydrolysis) is 2. The van der Waals surface area contributed by atoms with Gasteiger partial charge in [0.2, 0.25) is 29.5 Å². The SMILES string of the molecule is CC(=O)NC1C(OCCCC(=O)CCCCCCCNC(=O)OCCCC(C)(CCCOC(=O)CCCCCCCNC(=O)CCCOC2OC(CO)C(O)C(O)C2NC(C)=O)CCCOC(=O)NCCCCNC(=O)CCCOC2OC(CO)C(O)C(O)C2NC(C)=O)OC(CO)C(O)C1O. The van der Waals surface area contributed by atoms with Crippen LogP contribution in [-0.2, 0) is 76.2 Å². The Hall–Kier alpha value is -5.57. The Morgan fingerprint density at radius 3 is 1.02 bits per heavy atom. The van der Waals surface area contributed by atoms with Crippen LogP contribution >= 0.6 is 0 Å². The molecule has 0 bridgehead atoms. The number of unbranched alkanes of at least 4 members (excludes halogenated alkanes) is 9. The van der Waals surface area contributed by atoms with Gasteiger partial charge >= 0.3 is 18.2 Å². The maximum atomic E-state index is 12.7. The zero-order valence-corrected chi connectivity index (χ0v) is 60.1. The van der Waals surface area contributed by atoms with Crippen molar-refractivity contribution in [2.75, 3.05) is 85.6 Å². The Morgan fingerprint density at radius 2 is 0.657 bits per heavy atom. The molecule has 102 heavy (non-hydrogen) atoms. The minimum absolute atomic E-state index is 0.0300. The molecule has 3 aliphatic rings. The third-order valence-corrected chi connectivity index (χ3v) is 17.8. The minimum atomic E-state index is -1.45. The van der Waals surface area contributed by atoms with Gasteiger partial charge in [0.1, 0.15) is 78.8 Å². The Kier molecular flexibility index (Phi) is 46.6. The van der Waals surface area contributed by atoms with E-state index in [0.29, 0.717) is 110 Å². The summed E-state index contributed by atoms with van der Waals surface area (Å²) < 4.78 is 50.2. The lowest BCUT2D eigenvalue weighted by atomic mass is 9.77.